The molecule has 2 aromatic carbocycles. The maximum Gasteiger partial charge on any atom is 0.257 e. The molecule has 0 saturated heterocycles. The molecule has 0 heterocycles. The third-order valence-corrected chi connectivity index (χ3v) is 3.94. The normalized spacial score (nSPS) is 10.3. The molecule has 5 nitrogen and oxygen atoms in total. The highest BCUT2D eigenvalue weighted by atomic mass is 32.1. The predicted octanol–water partition coefficient (Wildman–Crippen LogP) is 4.73. The van der Waals surface area contributed by atoms with Crippen LogP contribution in [-0.2, 0) is 5.41 Å². The molecule has 0 fully saturated rings. The topological polar surface area (TPSA) is 76.4 Å². The predicted molar refractivity (Wildman–Crippen MR) is 118 cm³/mol. The van der Waals surface area contributed by atoms with Crippen molar-refractivity contribution in [3.63, 3.8) is 0 Å². The third kappa shape index (κ3) is 6.57. The Labute approximate surface area is 167 Å². The van der Waals surface area contributed by atoms with Gasteiger partial charge in [-0.15, -0.1) is 0 Å². The molecular formula is C21H29N3O2S. The van der Waals surface area contributed by atoms with Gasteiger partial charge in [-0.2, -0.15) is 0 Å². The molecule has 2 aromatic rings. The van der Waals surface area contributed by atoms with E-state index in [1.807, 2.05) is 26.0 Å². The number of methoxy groups -OCH3 is 1. The van der Waals surface area contributed by atoms with Crippen molar-refractivity contribution in [2.24, 2.45) is 0 Å². The first kappa shape index (κ1) is 22.4. The Kier molecular flexibility index (Phi) is 8.25. The molecule has 0 bridgehead atoms. The highest BCUT2D eigenvalue weighted by Crippen LogP contribution is 2.25. The Balaban J connectivity index is 0.00000176. The van der Waals surface area contributed by atoms with Crippen LogP contribution in [0.4, 0.5) is 11.4 Å². The number of rotatable bonds is 3. The van der Waals surface area contributed by atoms with E-state index in [0.717, 1.165) is 0 Å². The number of thiocarbonyl (C=S) groups is 1. The van der Waals surface area contributed by atoms with Crippen molar-refractivity contribution in [1.82, 2.24) is 5.32 Å². The lowest BCUT2D eigenvalue weighted by Gasteiger charge is -2.19. The first-order chi connectivity index (χ1) is 12.7. The number of benzene rings is 2. The summed E-state index contributed by atoms with van der Waals surface area (Å²) in [6, 6.07) is 12.7. The van der Waals surface area contributed by atoms with Crippen molar-refractivity contribution >= 4 is 34.6 Å². The first-order valence-electron chi connectivity index (χ1n) is 8.87. The van der Waals surface area contributed by atoms with Gasteiger partial charge in [-0.25, -0.2) is 0 Å². The second-order valence-electron chi connectivity index (χ2n) is 6.69. The number of nitrogens with one attached hydrogen (secondary N) is 2. The van der Waals surface area contributed by atoms with Gasteiger partial charge in [0.1, 0.15) is 5.75 Å². The molecule has 6 heteroatoms. The zero-order valence-corrected chi connectivity index (χ0v) is 17.7. The van der Waals surface area contributed by atoms with Crippen LogP contribution in [0.15, 0.2) is 42.5 Å². The van der Waals surface area contributed by atoms with Crippen LogP contribution < -0.4 is 21.1 Å². The number of hydrogen-bond acceptors (Lipinski definition) is 4. The Morgan fingerprint density at radius 2 is 1.67 bits per heavy atom. The number of hydrogen-bond donors (Lipinski definition) is 3. The van der Waals surface area contributed by atoms with Gasteiger partial charge in [-0.1, -0.05) is 46.8 Å². The molecule has 27 heavy (non-hydrogen) atoms. The second kappa shape index (κ2) is 9.92. The SMILES string of the molecule is CC.COc1cc(NC(=S)NC(=O)c2ccc(C(C)(C)C)cc2)ccc1N. The summed E-state index contributed by atoms with van der Waals surface area (Å²) in [5.74, 6) is 0.275. The van der Waals surface area contributed by atoms with Gasteiger partial charge in [-0.3, -0.25) is 10.1 Å². The van der Waals surface area contributed by atoms with Gasteiger partial charge < -0.3 is 15.8 Å². The number of carbonyl (C=O) groups excluding carboxylic acids is 1. The zero-order chi connectivity index (χ0) is 20.6. The summed E-state index contributed by atoms with van der Waals surface area (Å²) in [6.07, 6.45) is 0. The quantitative estimate of drug-likeness (QED) is 0.524. The summed E-state index contributed by atoms with van der Waals surface area (Å²) in [7, 11) is 1.54. The number of ether oxygens (including phenoxy) is 1. The summed E-state index contributed by atoms with van der Waals surface area (Å²) in [5, 5.41) is 5.81. The largest absolute Gasteiger partial charge is 0.495 e. The van der Waals surface area contributed by atoms with Crippen molar-refractivity contribution in [2.75, 3.05) is 18.2 Å². The van der Waals surface area contributed by atoms with E-state index in [9.17, 15) is 4.79 Å². The van der Waals surface area contributed by atoms with E-state index in [4.69, 9.17) is 22.7 Å². The molecule has 146 valence electrons. The van der Waals surface area contributed by atoms with Crippen LogP contribution in [-0.4, -0.2) is 18.1 Å². The Morgan fingerprint density at radius 3 is 2.19 bits per heavy atom. The van der Waals surface area contributed by atoms with E-state index >= 15 is 0 Å². The lowest BCUT2D eigenvalue weighted by atomic mass is 9.87. The molecule has 0 aliphatic rings. The van der Waals surface area contributed by atoms with Gasteiger partial charge in [-0.05, 0) is 47.5 Å². The van der Waals surface area contributed by atoms with Gasteiger partial charge in [0.2, 0.25) is 0 Å². The molecule has 0 atom stereocenters. The molecule has 0 radical (unpaired) electrons. The molecule has 0 spiro atoms. The van der Waals surface area contributed by atoms with E-state index in [2.05, 4.69) is 31.4 Å². The maximum atomic E-state index is 12.3. The van der Waals surface area contributed by atoms with E-state index in [0.29, 0.717) is 22.7 Å². The Bertz CT molecular complexity index is 781. The fraction of sp³-hybridized carbons (Fsp3) is 0.333. The van der Waals surface area contributed by atoms with E-state index < -0.39 is 0 Å². The molecule has 4 N–H and O–H groups in total. The zero-order valence-electron chi connectivity index (χ0n) is 16.8. The van der Waals surface area contributed by atoms with E-state index in [1.165, 1.54) is 12.7 Å². The molecule has 1 amide bonds. The van der Waals surface area contributed by atoms with Crippen molar-refractivity contribution in [3.05, 3.63) is 53.6 Å². The monoisotopic (exact) mass is 387 g/mol. The van der Waals surface area contributed by atoms with Gasteiger partial charge in [0, 0.05) is 17.3 Å². The van der Waals surface area contributed by atoms with Crippen LogP contribution in [0, 0.1) is 0 Å². The molecule has 0 unspecified atom stereocenters. The number of nitrogens with two attached hydrogens (primary N) is 1. The molecule has 2 rings (SSSR count). The summed E-state index contributed by atoms with van der Waals surface area (Å²) in [6.45, 7) is 10.4. The highest BCUT2D eigenvalue weighted by molar-refractivity contribution is 7.80. The molecule has 0 aliphatic heterocycles. The van der Waals surface area contributed by atoms with E-state index in [1.54, 1.807) is 30.3 Å². The molecule has 0 aliphatic carbocycles. The summed E-state index contributed by atoms with van der Waals surface area (Å²) >= 11 is 5.19. The van der Waals surface area contributed by atoms with E-state index in [-0.39, 0.29) is 16.4 Å². The van der Waals surface area contributed by atoms with Gasteiger partial charge >= 0.3 is 0 Å². The van der Waals surface area contributed by atoms with Crippen LogP contribution in [0.1, 0.15) is 50.5 Å². The van der Waals surface area contributed by atoms with Gasteiger partial charge in [0.25, 0.3) is 5.91 Å². The lowest BCUT2D eigenvalue weighted by molar-refractivity contribution is 0.0977. The fourth-order valence-corrected chi connectivity index (χ4v) is 2.46. The van der Waals surface area contributed by atoms with Crippen LogP contribution in [0.2, 0.25) is 0 Å². The fourth-order valence-electron chi connectivity index (χ4n) is 2.25. The van der Waals surface area contributed by atoms with Crippen molar-refractivity contribution in [2.45, 2.75) is 40.0 Å². The Hall–Kier alpha value is -2.60. The maximum absolute atomic E-state index is 12.3. The van der Waals surface area contributed by atoms with Gasteiger partial charge in [0.15, 0.2) is 5.11 Å². The third-order valence-electron chi connectivity index (χ3n) is 3.73. The summed E-state index contributed by atoms with van der Waals surface area (Å²) in [4.78, 5) is 12.3. The number of amides is 1. The lowest BCUT2D eigenvalue weighted by Crippen LogP contribution is -2.34. The second-order valence-corrected chi connectivity index (χ2v) is 7.10. The minimum absolute atomic E-state index is 0.0417. The van der Waals surface area contributed by atoms with Crippen LogP contribution >= 0.6 is 12.2 Å². The van der Waals surface area contributed by atoms with Crippen molar-refractivity contribution < 1.29 is 9.53 Å². The van der Waals surface area contributed by atoms with Crippen LogP contribution in [0.5, 0.6) is 5.75 Å². The molecule has 0 saturated carbocycles. The van der Waals surface area contributed by atoms with Gasteiger partial charge in [0.05, 0.1) is 12.8 Å². The molecular weight excluding hydrogens is 358 g/mol. The summed E-state index contributed by atoms with van der Waals surface area (Å²) in [5.41, 5.74) is 8.74. The summed E-state index contributed by atoms with van der Waals surface area (Å²) < 4.78 is 5.16. The van der Waals surface area contributed by atoms with Crippen molar-refractivity contribution in [3.8, 4) is 5.75 Å². The Morgan fingerprint density at radius 1 is 1.07 bits per heavy atom. The smallest absolute Gasteiger partial charge is 0.257 e. The number of carbonyl (C=O) groups is 1. The minimum atomic E-state index is -0.264. The minimum Gasteiger partial charge on any atom is -0.495 e. The standard InChI is InChI=1S/C19H23N3O2S.C2H6/c1-19(2,3)13-7-5-12(6-8-13)17(23)22-18(25)21-14-9-10-15(20)16(11-14)24-4;1-2/h5-11H,20H2,1-4H3,(H2,21,22,23,25);1-2H3. The van der Waals surface area contributed by atoms with Crippen LogP contribution in [0.25, 0.3) is 0 Å². The average molecular weight is 388 g/mol. The average Bonchev–Trinajstić information content (AvgIpc) is 2.64. The van der Waals surface area contributed by atoms with Crippen molar-refractivity contribution in [1.29, 1.82) is 0 Å². The van der Waals surface area contributed by atoms with Crippen LogP contribution in [0.3, 0.4) is 0 Å². The highest BCUT2D eigenvalue weighted by Gasteiger charge is 2.15. The number of anilines is 2. The first-order valence-corrected chi connectivity index (χ1v) is 9.28. The number of nitrogen functional groups attached to an aromatic ring is 1. The molecule has 0 aromatic heterocycles.